The van der Waals surface area contributed by atoms with Crippen molar-refractivity contribution in [2.75, 3.05) is 25.0 Å². The highest BCUT2D eigenvalue weighted by molar-refractivity contribution is 14.1. The van der Waals surface area contributed by atoms with Crippen LogP contribution in [0.25, 0.3) is 11.0 Å². The van der Waals surface area contributed by atoms with Gasteiger partial charge in [0.15, 0.2) is 5.65 Å². The smallest absolute Gasteiger partial charge is 0.410 e. The predicted molar refractivity (Wildman–Crippen MR) is 148 cm³/mol. The molecule has 1 amide bonds. The van der Waals surface area contributed by atoms with Crippen LogP contribution in [-0.2, 0) is 14.8 Å². The van der Waals surface area contributed by atoms with Gasteiger partial charge < -0.3 is 15.0 Å². The first kappa shape index (κ1) is 26.9. The molecule has 4 rings (SSSR count). The molecule has 0 saturated carbocycles. The highest BCUT2D eigenvalue weighted by Gasteiger charge is 2.28. The molecule has 36 heavy (non-hydrogen) atoms. The van der Waals surface area contributed by atoms with Crippen molar-refractivity contribution < 1.29 is 17.9 Å². The van der Waals surface area contributed by atoms with Gasteiger partial charge in [0.25, 0.3) is 10.0 Å². The van der Waals surface area contributed by atoms with Crippen LogP contribution in [0.5, 0.6) is 0 Å². The van der Waals surface area contributed by atoms with Crippen LogP contribution >= 0.6 is 34.2 Å². The first-order chi connectivity index (χ1) is 16.8. The van der Waals surface area contributed by atoms with Crippen LogP contribution in [0.2, 0.25) is 5.28 Å². The molecule has 1 saturated heterocycles. The number of aryl methyl sites for hydroxylation is 1. The minimum Gasteiger partial charge on any atom is -0.444 e. The Labute approximate surface area is 229 Å². The van der Waals surface area contributed by atoms with Crippen LogP contribution in [0.4, 0.5) is 10.6 Å². The van der Waals surface area contributed by atoms with E-state index in [1.807, 2.05) is 27.7 Å². The van der Waals surface area contributed by atoms with Gasteiger partial charge in [0, 0.05) is 29.4 Å². The molecule has 12 heteroatoms. The SMILES string of the molecule is Cc1ccc(S(=O)(=O)n2cc(I)c3c(NCC4CCN(C(=O)OC(C)(C)C)CC4)nc(Cl)nc32)cc1. The summed E-state index contributed by atoms with van der Waals surface area (Å²) in [6.45, 7) is 9.31. The van der Waals surface area contributed by atoms with Crippen LogP contribution in [0.15, 0.2) is 35.4 Å². The third-order valence-electron chi connectivity index (χ3n) is 5.94. The molecule has 0 spiro atoms. The van der Waals surface area contributed by atoms with E-state index >= 15 is 0 Å². The maximum absolute atomic E-state index is 13.4. The van der Waals surface area contributed by atoms with Crippen molar-refractivity contribution in [3.8, 4) is 0 Å². The zero-order valence-electron chi connectivity index (χ0n) is 20.6. The van der Waals surface area contributed by atoms with Crippen molar-refractivity contribution in [3.63, 3.8) is 0 Å². The fourth-order valence-corrected chi connectivity index (χ4v) is 6.49. The number of nitrogens with one attached hydrogen (secondary N) is 1. The van der Waals surface area contributed by atoms with Crippen LogP contribution in [0.3, 0.4) is 0 Å². The Kier molecular flexibility index (Phi) is 7.73. The Morgan fingerprint density at radius 1 is 1.19 bits per heavy atom. The number of halogens is 2. The van der Waals surface area contributed by atoms with Crippen LogP contribution in [-0.4, -0.2) is 58.6 Å². The Morgan fingerprint density at radius 3 is 2.44 bits per heavy atom. The zero-order chi connectivity index (χ0) is 26.3. The van der Waals surface area contributed by atoms with E-state index in [4.69, 9.17) is 16.3 Å². The van der Waals surface area contributed by atoms with Crippen LogP contribution in [0, 0.1) is 16.4 Å². The molecule has 3 heterocycles. The second kappa shape index (κ2) is 10.3. The van der Waals surface area contributed by atoms with Crippen molar-refractivity contribution in [3.05, 3.63) is 44.9 Å². The Hall–Kier alpha value is -2.12. The van der Waals surface area contributed by atoms with Gasteiger partial charge in [0.1, 0.15) is 11.4 Å². The maximum atomic E-state index is 13.4. The number of carbonyl (C=O) groups excluding carboxylic acids is 1. The van der Waals surface area contributed by atoms with Gasteiger partial charge >= 0.3 is 6.09 Å². The lowest BCUT2D eigenvalue weighted by Crippen LogP contribution is -2.42. The van der Waals surface area contributed by atoms with Gasteiger partial charge in [0.05, 0.1) is 10.3 Å². The minimum atomic E-state index is -3.87. The molecular weight excluding hydrogens is 617 g/mol. The van der Waals surface area contributed by atoms with Gasteiger partial charge in [-0.15, -0.1) is 0 Å². The quantitative estimate of drug-likeness (QED) is 0.297. The average molecular weight is 646 g/mol. The number of hydrogen-bond donors (Lipinski definition) is 1. The second-order valence-corrected chi connectivity index (χ2v) is 13.2. The van der Waals surface area contributed by atoms with Crippen molar-refractivity contribution in [1.29, 1.82) is 0 Å². The first-order valence-corrected chi connectivity index (χ1v) is 14.5. The average Bonchev–Trinajstić information content (AvgIpc) is 3.14. The Balaban J connectivity index is 1.52. The summed E-state index contributed by atoms with van der Waals surface area (Å²) < 4.78 is 34.1. The third-order valence-corrected chi connectivity index (χ3v) is 8.59. The van der Waals surface area contributed by atoms with Crippen LogP contribution < -0.4 is 5.32 Å². The van der Waals surface area contributed by atoms with Crippen LogP contribution in [0.1, 0.15) is 39.2 Å². The second-order valence-electron chi connectivity index (χ2n) is 9.92. The van der Waals surface area contributed by atoms with Crippen molar-refractivity contribution in [2.45, 2.75) is 51.0 Å². The molecule has 0 unspecified atom stereocenters. The minimum absolute atomic E-state index is 0.0420. The van der Waals surface area contributed by atoms with E-state index in [9.17, 15) is 13.2 Å². The molecule has 1 aliphatic rings. The highest BCUT2D eigenvalue weighted by Crippen LogP contribution is 2.32. The Morgan fingerprint density at radius 2 is 1.83 bits per heavy atom. The van der Waals surface area contributed by atoms with Gasteiger partial charge in [-0.1, -0.05) is 17.7 Å². The predicted octanol–water partition coefficient (Wildman–Crippen LogP) is 5.29. The standard InChI is InChI=1S/C24H29ClIN5O4S/c1-15-5-7-17(8-6-15)36(33,34)31-14-18(26)19-20(28-22(25)29-21(19)31)27-13-16-9-11-30(12-10-16)23(32)35-24(2,3)4/h5-8,14,16H,9-13H2,1-4H3,(H,27,28,29). The molecule has 2 aromatic heterocycles. The lowest BCUT2D eigenvalue weighted by Gasteiger charge is -2.33. The number of benzene rings is 1. The summed E-state index contributed by atoms with van der Waals surface area (Å²) in [4.78, 5) is 22.8. The van der Waals surface area contributed by atoms with Crippen molar-refractivity contribution >= 4 is 67.2 Å². The molecule has 1 aromatic carbocycles. The fourth-order valence-electron chi connectivity index (χ4n) is 4.05. The highest BCUT2D eigenvalue weighted by atomic mass is 127. The summed E-state index contributed by atoms with van der Waals surface area (Å²) in [5.41, 5.74) is 0.671. The molecule has 9 nitrogen and oxygen atoms in total. The Bertz CT molecular complexity index is 1380. The molecule has 0 bridgehead atoms. The summed E-state index contributed by atoms with van der Waals surface area (Å²) in [6.07, 6.45) is 2.88. The van der Waals surface area contributed by atoms with E-state index in [1.165, 1.54) is 6.20 Å². The molecule has 3 aromatic rings. The van der Waals surface area contributed by atoms with Gasteiger partial charge in [-0.2, -0.15) is 4.98 Å². The van der Waals surface area contributed by atoms with Crippen molar-refractivity contribution in [2.24, 2.45) is 5.92 Å². The zero-order valence-corrected chi connectivity index (χ0v) is 24.3. The number of amides is 1. The lowest BCUT2D eigenvalue weighted by molar-refractivity contribution is 0.0188. The summed E-state index contributed by atoms with van der Waals surface area (Å²) in [5, 5.41) is 3.91. The number of rotatable bonds is 5. The summed E-state index contributed by atoms with van der Waals surface area (Å²) >= 11 is 8.31. The first-order valence-electron chi connectivity index (χ1n) is 11.6. The number of ether oxygens (including phenoxy) is 1. The molecule has 0 atom stereocenters. The molecular formula is C24H29ClIN5O4S. The molecule has 0 aliphatic carbocycles. The topological polar surface area (TPSA) is 106 Å². The van der Waals surface area contributed by atoms with E-state index in [-0.39, 0.29) is 21.9 Å². The molecule has 0 radical (unpaired) electrons. The molecule has 1 aliphatic heterocycles. The van der Waals surface area contributed by atoms with Gasteiger partial charge in [-0.05, 0) is 92.8 Å². The number of piperidine rings is 1. The van der Waals surface area contributed by atoms with E-state index < -0.39 is 15.6 Å². The lowest BCUT2D eigenvalue weighted by atomic mass is 9.97. The number of hydrogen-bond acceptors (Lipinski definition) is 7. The number of carbonyl (C=O) groups is 1. The molecule has 1 N–H and O–H groups in total. The third kappa shape index (κ3) is 5.88. The molecule has 1 fully saturated rings. The number of fused-ring (bicyclic) bond motifs is 1. The number of likely N-dealkylation sites (tertiary alicyclic amines) is 1. The number of aromatic nitrogens is 3. The molecule has 194 valence electrons. The summed E-state index contributed by atoms with van der Waals surface area (Å²) in [7, 11) is -3.87. The summed E-state index contributed by atoms with van der Waals surface area (Å²) in [6, 6.07) is 6.67. The monoisotopic (exact) mass is 645 g/mol. The largest absolute Gasteiger partial charge is 0.444 e. The van der Waals surface area contributed by atoms with Gasteiger partial charge in [-0.25, -0.2) is 22.2 Å². The van der Waals surface area contributed by atoms with E-state index in [2.05, 4.69) is 37.9 Å². The maximum Gasteiger partial charge on any atom is 0.410 e. The summed E-state index contributed by atoms with van der Waals surface area (Å²) in [5.74, 6) is 0.797. The van der Waals surface area contributed by atoms with E-state index in [1.54, 1.807) is 29.2 Å². The van der Waals surface area contributed by atoms with Gasteiger partial charge in [-0.3, -0.25) is 0 Å². The van der Waals surface area contributed by atoms with E-state index in [0.29, 0.717) is 40.3 Å². The fraction of sp³-hybridized carbons (Fsp3) is 0.458. The van der Waals surface area contributed by atoms with Gasteiger partial charge in [0.2, 0.25) is 5.28 Å². The number of nitrogens with zero attached hydrogens (tertiary/aromatic N) is 4. The van der Waals surface area contributed by atoms with Crippen molar-refractivity contribution in [1.82, 2.24) is 18.8 Å². The number of anilines is 1. The van der Waals surface area contributed by atoms with E-state index in [0.717, 1.165) is 22.4 Å². The normalized spacial score (nSPS) is 15.3.